The molecule has 2 saturated heterocycles. The summed E-state index contributed by atoms with van der Waals surface area (Å²) in [6, 6.07) is 0.744. The van der Waals surface area contributed by atoms with Crippen molar-refractivity contribution in [1.29, 1.82) is 0 Å². The van der Waals surface area contributed by atoms with E-state index in [1.54, 1.807) is 0 Å². The fraction of sp³-hybridized carbons (Fsp3) is 0.938. The van der Waals surface area contributed by atoms with Gasteiger partial charge >= 0.3 is 0 Å². The highest BCUT2D eigenvalue weighted by Crippen LogP contribution is 2.41. The summed E-state index contributed by atoms with van der Waals surface area (Å²) in [6.07, 6.45) is 6.13. The molecule has 3 atom stereocenters. The van der Waals surface area contributed by atoms with E-state index in [2.05, 4.69) is 22.2 Å². The lowest BCUT2D eigenvalue weighted by Gasteiger charge is -2.48. The SMILES string of the molecule is CNC(CN1CCC2C(CCCN2C)C1)(C(N)=O)C1CC1. The zero-order valence-corrected chi connectivity index (χ0v) is 13.5. The molecular formula is C16H30N4O. The Kier molecular flexibility index (Phi) is 4.26. The summed E-state index contributed by atoms with van der Waals surface area (Å²) in [7, 11) is 4.15. The van der Waals surface area contributed by atoms with E-state index >= 15 is 0 Å². The van der Waals surface area contributed by atoms with Crippen molar-refractivity contribution < 1.29 is 4.79 Å². The number of hydrogen-bond donors (Lipinski definition) is 2. The topological polar surface area (TPSA) is 61.6 Å². The molecule has 0 bridgehead atoms. The van der Waals surface area contributed by atoms with Crippen molar-refractivity contribution in [3.63, 3.8) is 0 Å². The Hall–Kier alpha value is -0.650. The second kappa shape index (κ2) is 5.86. The molecule has 3 aliphatic rings. The Labute approximate surface area is 128 Å². The van der Waals surface area contributed by atoms with Gasteiger partial charge in [0.15, 0.2) is 0 Å². The zero-order chi connectivity index (χ0) is 15.0. The minimum absolute atomic E-state index is 0.171. The maximum absolute atomic E-state index is 12.1. The van der Waals surface area contributed by atoms with Gasteiger partial charge in [0.05, 0.1) is 0 Å². The molecule has 0 spiro atoms. The van der Waals surface area contributed by atoms with Gasteiger partial charge in [0.2, 0.25) is 5.91 Å². The number of nitrogens with one attached hydrogen (secondary N) is 1. The Bertz CT molecular complexity index is 398. The molecule has 21 heavy (non-hydrogen) atoms. The van der Waals surface area contributed by atoms with E-state index in [4.69, 9.17) is 5.73 Å². The molecule has 0 aromatic rings. The van der Waals surface area contributed by atoms with Gasteiger partial charge in [-0.3, -0.25) is 4.79 Å². The molecule has 1 saturated carbocycles. The predicted molar refractivity (Wildman–Crippen MR) is 83.9 cm³/mol. The van der Waals surface area contributed by atoms with Gasteiger partial charge in [0, 0.05) is 19.1 Å². The average molecular weight is 294 g/mol. The number of carbonyl (C=O) groups excluding carboxylic acids is 1. The standard InChI is InChI=1S/C16H30N4O/c1-18-16(15(17)21,13-5-6-13)11-20-9-7-14-12(10-20)4-3-8-19(14)2/h12-14,18H,3-11H2,1-2H3,(H2,17,21). The third-order valence-corrected chi connectivity index (χ3v) is 6.06. The number of rotatable bonds is 5. The van der Waals surface area contributed by atoms with Crippen LogP contribution in [0.3, 0.4) is 0 Å². The highest BCUT2D eigenvalue weighted by Gasteiger charge is 2.50. The smallest absolute Gasteiger partial charge is 0.239 e. The average Bonchev–Trinajstić information content (AvgIpc) is 3.29. The molecule has 2 aliphatic heterocycles. The highest BCUT2D eigenvalue weighted by atomic mass is 16.1. The van der Waals surface area contributed by atoms with Gasteiger partial charge in [-0.25, -0.2) is 0 Å². The molecule has 0 aromatic carbocycles. The third kappa shape index (κ3) is 2.83. The van der Waals surface area contributed by atoms with Crippen LogP contribution in [0.1, 0.15) is 32.1 Å². The van der Waals surface area contributed by atoms with Crippen LogP contribution in [-0.4, -0.2) is 67.6 Å². The number of amides is 1. The van der Waals surface area contributed by atoms with Crippen LogP contribution in [0.4, 0.5) is 0 Å². The van der Waals surface area contributed by atoms with Crippen molar-refractivity contribution in [2.75, 3.05) is 40.3 Å². The number of primary amides is 1. The Morgan fingerprint density at radius 2 is 2.05 bits per heavy atom. The van der Waals surface area contributed by atoms with Crippen molar-refractivity contribution in [2.45, 2.75) is 43.7 Å². The molecule has 0 radical (unpaired) electrons. The maximum atomic E-state index is 12.1. The minimum atomic E-state index is -0.507. The maximum Gasteiger partial charge on any atom is 0.239 e. The molecule has 3 rings (SSSR count). The molecule has 3 unspecified atom stereocenters. The molecule has 3 fully saturated rings. The lowest BCUT2D eigenvalue weighted by molar-refractivity contribution is -0.126. The molecule has 1 amide bonds. The molecule has 0 aromatic heterocycles. The van der Waals surface area contributed by atoms with Crippen LogP contribution in [0.5, 0.6) is 0 Å². The van der Waals surface area contributed by atoms with Gasteiger partial charge in [-0.05, 0) is 71.1 Å². The first kappa shape index (κ1) is 15.3. The Balaban J connectivity index is 1.66. The fourth-order valence-corrected chi connectivity index (χ4v) is 4.61. The molecule has 5 nitrogen and oxygen atoms in total. The number of likely N-dealkylation sites (N-methyl/N-ethyl adjacent to an activating group) is 1. The van der Waals surface area contributed by atoms with Gasteiger partial charge < -0.3 is 20.9 Å². The number of carbonyl (C=O) groups is 1. The van der Waals surface area contributed by atoms with Crippen molar-refractivity contribution in [3.05, 3.63) is 0 Å². The van der Waals surface area contributed by atoms with E-state index in [0.717, 1.165) is 44.4 Å². The molecule has 1 aliphatic carbocycles. The number of likely N-dealkylation sites (tertiary alicyclic amines) is 2. The number of fused-ring (bicyclic) bond motifs is 1. The van der Waals surface area contributed by atoms with Crippen molar-refractivity contribution in [2.24, 2.45) is 17.6 Å². The van der Waals surface area contributed by atoms with Gasteiger partial charge in [-0.15, -0.1) is 0 Å². The number of nitrogens with two attached hydrogens (primary N) is 1. The van der Waals surface area contributed by atoms with E-state index in [-0.39, 0.29) is 5.91 Å². The normalized spacial score (nSPS) is 34.2. The predicted octanol–water partition coefficient (Wildman–Crippen LogP) is 0.256. The van der Waals surface area contributed by atoms with Crippen LogP contribution in [0.15, 0.2) is 0 Å². The lowest BCUT2D eigenvalue weighted by Crippen LogP contribution is -2.64. The monoisotopic (exact) mass is 294 g/mol. The number of piperidine rings is 2. The van der Waals surface area contributed by atoms with Crippen molar-refractivity contribution in [1.82, 2.24) is 15.1 Å². The van der Waals surface area contributed by atoms with Crippen LogP contribution < -0.4 is 11.1 Å². The largest absolute Gasteiger partial charge is 0.368 e. The fourth-order valence-electron chi connectivity index (χ4n) is 4.61. The van der Waals surface area contributed by atoms with Gasteiger partial charge in [0.1, 0.15) is 5.54 Å². The first-order valence-corrected chi connectivity index (χ1v) is 8.48. The van der Waals surface area contributed by atoms with E-state index in [1.807, 2.05) is 7.05 Å². The Morgan fingerprint density at radius 3 is 2.67 bits per heavy atom. The summed E-state index contributed by atoms with van der Waals surface area (Å²) >= 11 is 0. The van der Waals surface area contributed by atoms with Gasteiger partial charge in [0.25, 0.3) is 0 Å². The highest BCUT2D eigenvalue weighted by molar-refractivity contribution is 5.86. The van der Waals surface area contributed by atoms with Crippen LogP contribution in [0.25, 0.3) is 0 Å². The van der Waals surface area contributed by atoms with Crippen LogP contribution >= 0.6 is 0 Å². The second-order valence-corrected chi connectivity index (χ2v) is 7.33. The summed E-state index contributed by atoms with van der Waals surface area (Å²) in [5, 5.41) is 3.28. The third-order valence-electron chi connectivity index (χ3n) is 6.06. The summed E-state index contributed by atoms with van der Waals surface area (Å²) < 4.78 is 0. The van der Waals surface area contributed by atoms with Crippen LogP contribution in [-0.2, 0) is 4.79 Å². The summed E-state index contributed by atoms with van der Waals surface area (Å²) in [5.41, 5.74) is 5.25. The van der Waals surface area contributed by atoms with Crippen molar-refractivity contribution in [3.8, 4) is 0 Å². The molecule has 2 heterocycles. The van der Waals surface area contributed by atoms with Crippen molar-refractivity contribution >= 4 is 5.91 Å². The van der Waals surface area contributed by atoms with Crippen LogP contribution in [0, 0.1) is 11.8 Å². The molecular weight excluding hydrogens is 264 g/mol. The number of hydrogen-bond acceptors (Lipinski definition) is 4. The zero-order valence-electron chi connectivity index (χ0n) is 13.5. The van der Waals surface area contributed by atoms with E-state index in [0.29, 0.717) is 5.92 Å². The lowest BCUT2D eigenvalue weighted by atomic mass is 9.83. The molecule has 120 valence electrons. The number of nitrogens with zero attached hydrogens (tertiary/aromatic N) is 2. The molecule has 3 N–H and O–H groups in total. The summed E-state index contributed by atoms with van der Waals surface area (Å²) in [6.45, 7) is 4.24. The first-order chi connectivity index (χ1) is 10.1. The summed E-state index contributed by atoms with van der Waals surface area (Å²) in [5.74, 6) is 1.03. The van der Waals surface area contributed by atoms with Crippen LogP contribution in [0.2, 0.25) is 0 Å². The van der Waals surface area contributed by atoms with E-state index in [9.17, 15) is 4.79 Å². The first-order valence-electron chi connectivity index (χ1n) is 8.48. The Morgan fingerprint density at radius 1 is 1.29 bits per heavy atom. The minimum Gasteiger partial charge on any atom is -0.368 e. The summed E-state index contributed by atoms with van der Waals surface area (Å²) in [4.78, 5) is 17.1. The quantitative estimate of drug-likeness (QED) is 0.763. The van der Waals surface area contributed by atoms with E-state index in [1.165, 1.54) is 25.8 Å². The second-order valence-electron chi connectivity index (χ2n) is 7.33. The van der Waals surface area contributed by atoms with Gasteiger partial charge in [-0.1, -0.05) is 0 Å². The van der Waals surface area contributed by atoms with Gasteiger partial charge in [-0.2, -0.15) is 0 Å². The molecule has 5 heteroatoms. The van der Waals surface area contributed by atoms with E-state index < -0.39 is 5.54 Å².